The third kappa shape index (κ3) is 2.52. The summed E-state index contributed by atoms with van der Waals surface area (Å²) in [7, 11) is 0. The number of hydrogen-bond donors (Lipinski definition) is 1. The topological polar surface area (TPSA) is 46.5 Å². The maximum absolute atomic E-state index is 13.3. The summed E-state index contributed by atoms with van der Waals surface area (Å²) in [5.41, 5.74) is 0. The average molecular weight is 289 g/mol. The van der Waals surface area contributed by atoms with Crippen molar-refractivity contribution in [2.75, 3.05) is 0 Å². The van der Waals surface area contributed by atoms with E-state index in [4.69, 9.17) is 9.84 Å². The van der Waals surface area contributed by atoms with Crippen molar-refractivity contribution >= 4 is 21.9 Å². The Morgan fingerprint density at radius 1 is 1.56 bits per heavy atom. The minimum atomic E-state index is -1.04. The first-order valence-electron chi connectivity index (χ1n) is 4.92. The van der Waals surface area contributed by atoms with Crippen LogP contribution in [0.15, 0.2) is 22.7 Å². The molecule has 0 saturated heterocycles. The van der Waals surface area contributed by atoms with Crippen LogP contribution in [0.3, 0.4) is 0 Å². The maximum Gasteiger partial charge on any atom is 0.345 e. The molecule has 2 rings (SSSR count). The highest BCUT2D eigenvalue weighted by molar-refractivity contribution is 9.10. The van der Waals surface area contributed by atoms with Crippen molar-refractivity contribution in [3.63, 3.8) is 0 Å². The molecule has 1 N–H and O–H groups in total. The van der Waals surface area contributed by atoms with Crippen LogP contribution in [0.2, 0.25) is 0 Å². The van der Waals surface area contributed by atoms with E-state index < -0.39 is 17.9 Å². The zero-order valence-electron chi connectivity index (χ0n) is 8.32. The Hall–Kier alpha value is -1.10. The van der Waals surface area contributed by atoms with Crippen LogP contribution in [0.25, 0.3) is 0 Å². The monoisotopic (exact) mass is 288 g/mol. The highest BCUT2D eigenvalue weighted by Gasteiger charge is 2.38. The Morgan fingerprint density at radius 3 is 2.81 bits per heavy atom. The molecular weight excluding hydrogens is 279 g/mol. The standard InChI is InChI=1S/C11H10BrFO3/c12-7-3-4-8(13)9(5-7)16-10(11(14)15)6-1-2-6/h3-6,10H,1-2H2,(H,14,15). The zero-order chi connectivity index (χ0) is 11.7. The molecule has 1 saturated carbocycles. The van der Waals surface area contributed by atoms with Gasteiger partial charge in [-0.2, -0.15) is 0 Å². The summed E-state index contributed by atoms with van der Waals surface area (Å²) >= 11 is 3.18. The first-order valence-corrected chi connectivity index (χ1v) is 5.72. The van der Waals surface area contributed by atoms with Crippen molar-refractivity contribution in [3.8, 4) is 5.75 Å². The fourth-order valence-electron chi connectivity index (χ4n) is 1.45. The lowest BCUT2D eigenvalue weighted by Gasteiger charge is -2.14. The molecule has 0 radical (unpaired) electrons. The number of carbonyl (C=O) groups is 1. The van der Waals surface area contributed by atoms with Gasteiger partial charge in [-0.25, -0.2) is 9.18 Å². The summed E-state index contributed by atoms with van der Waals surface area (Å²) in [6.07, 6.45) is 0.711. The van der Waals surface area contributed by atoms with Gasteiger partial charge in [-0.1, -0.05) is 15.9 Å². The number of ether oxygens (including phenoxy) is 1. The van der Waals surface area contributed by atoms with Gasteiger partial charge in [0.1, 0.15) is 0 Å². The van der Waals surface area contributed by atoms with Crippen molar-refractivity contribution in [3.05, 3.63) is 28.5 Å². The molecule has 1 fully saturated rings. The minimum Gasteiger partial charge on any atom is -0.478 e. The van der Waals surface area contributed by atoms with Crippen molar-refractivity contribution in [1.29, 1.82) is 0 Å². The van der Waals surface area contributed by atoms with E-state index in [1.165, 1.54) is 18.2 Å². The summed E-state index contributed by atoms with van der Waals surface area (Å²) in [6, 6.07) is 4.22. The maximum atomic E-state index is 13.3. The van der Waals surface area contributed by atoms with E-state index in [-0.39, 0.29) is 11.7 Å². The van der Waals surface area contributed by atoms with Crippen LogP contribution < -0.4 is 4.74 Å². The fraction of sp³-hybridized carbons (Fsp3) is 0.364. The SMILES string of the molecule is O=C(O)C(Oc1cc(Br)ccc1F)C1CC1. The van der Waals surface area contributed by atoms with Gasteiger partial charge < -0.3 is 9.84 Å². The molecule has 1 aliphatic carbocycles. The molecule has 0 heterocycles. The number of carboxylic acids is 1. The summed E-state index contributed by atoms with van der Waals surface area (Å²) < 4.78 is 19.2. The van der Waals surface area contributed by atoms with Gasteiger partial charge in [-0.15, -0.1) is 0 Å². The molecule has 1 aromatic carbocycles. The van der Waals surface area contributed by atoms with Crippen LogP contribution in [0.5, 0.6) is 5.75 Å². The predicted octanol–water partition coefficient (Wildman–Crippen LogP) is 2.83. The lowest BCUT2D eigenvalue weighted by molar-refractivity contribution is -0.146. The molecule has 1 aliphatic rings. The lowest BCUT2D eigenvalue weighted by Crippen LogP contribution is -2.29. The third-order valence-electron chi connectivity index (χ3n) is 2.44. The Bertz CT molecular complexity index is 418. The normalized spacial score (nSPS) is 16.9. The van der Waals surface area contributed by atoms with E-state index in [0.717, 1.165) is 12.8 Å². The van der Waals surface area contributed by atoms with Crippen molar-refractivity contribution in [1.82, 2.24) is 0 Å². The second kappa shape index (κ2) is 4.41. The molecule has 0 amide bonds. The second-order valence-electron chi connectivity index (χ2n) is 3.79. The number of carboxylic acid groups (broad SMARTS) is 1. The second-order valence-corrected chi connectivity index (χ2v) is 4.70. The third-order valence-corrected chi connectivity index (χ3v) is 2.93. The zero-order valence-corrected chi connectivity index (χ0v) is 9.91. The van der Waals surface area contributed by atoms with Gasteiger partial charge in [0.15, 0.2) is 17.7 Å². The largest absolute Gasteiger partial charge is 0.478 e. The molecule has 0 aliphatic heterocycles. The summed E-state index contributed by atoms with van der Waals surface area (Å²) in [5, 5.41) is 8.95. The van der Waals surface area contributed by atoms with Gasteiger partial charge in [0.2, 0.25) is 0 Å². The first kappa shape index (κ1) is 11.4. The molecule has 0 spiro atoms. The van der Waals surface area contributed by atoms with Crippen LogP contribution in [-0.2, 0) is 4.79 Å². The molecule has 86 valence electrons. The molecule has 0 bridgehead atoms. The molecule has 16 heavy (non-hydrogen) atoms. The highest BCUT2D eigenvalue weighted by atomic mass is 79.9. The minimum absolute atomic E-state index is 0.0101. The number of benzene rings is 1. The van der Waals surface area contributed by atoms with Gasteiger partial charge in [0.25, 0.3) is 0 Å². The molecule has 0 aromatic heterocycles. The van der Waals surface area contributed by atoms with Crippen molar-refractivity contribution < 1.29 is 19.0 Å². The quantitative estimate of drug-likeness (QED) is 0.927. The van der Waals surface area contributed by atoms with Crippen LogP contribution in [0.1, 0.15) is 12.8 Å². The van der Waals surface area contributed by atoms with Gasteiger partial charge in [0, 0.05) is 10.4 Å². The van der Waals surface area contributed by atoms with Gasteiger partial charge in [-0.3, -0.25) is 0 Å². The molecule has 1 aromatic rings. The molecule has 1 atom stereocenters. The number of rotatable bonds is 4. The van der Waals surface area contributed by atoms with Crippen molar-refractivity contribution in [2.24, 2.45) is 5.92 Å². The Kier molecular flexibility index (Phi) is 3.14. The van der Waals surface area contributed by atoms with Gasteiger partial charge >= 0.3 is 5.97 Å². The van der Waals surface area contributed by atoms with E-state index in [2.05, 4.69) is 15.9 Å². The van der Waals surface area contributed by atoms with Crippen molar-refractivity contribution in [2.45, 2.75) is 18.9 Å². The number of aliphatic carboxylic acids is 1. The highest BCUT2D eigenvalue weighted by Crippen LogP contribution is 2.36. The molecule has 3 nitrogen and oxygen atoms in total. The van der Waals surface area contributed by atoms with E-state index in [1.54, 1.807) is 0 Å². The van der Waals surface area contributed by atoms with E-state index >= 15 is 0 Å². The fourth-order valence-corrected chi connectivity index (χ4v) is 1.79. The smallest absolute Gasteiger partial charge is 0.345 e. The van der Waals surface area contributed by atoms with Gasteiger partial charge in [0.05, 0.1) is 0 Å². The van der Waals surface area contributed by atoms with Gasteiger partial charge in [-0.05, 0) is 31.0 Å². The average Bonchev–Trinajstić information content (AvgIpc) is 3.02. The van der Waals surface area contributed by atoms with E-state index in [0.29, 0.717) is 4.47 Å². The van der Waals surface area contributed by atoms with Crippen LogP contribution in [0.4, 0.5) is 4.39 Å². The Morgan fingerprint density at radius 2 is 2.25 bits per heavy atom. The summed E-state index contributed by atoms with van der Waals surface area (Å²) in [6.45, 7) is 0. The van der Waals surface area contributed by atoms with Crippen LogP contribution in [0, 0.1) is 11.7 Å². The Balaban J connectivity index is 2.17. The summed E-state index contributed by atoms with van der Waals surface area (Å²) in [5.74, 6) is -1.60. The van der Waals surface area contributed by atoms with E-state index in [9.17, 15) is 9.18 Å². The predicted molar refractivity (Wildman–Crippen MR) is 58.9 cm³/mol. The summed E-state index contributed by atoms with van der Waals surface area (Å²) in [4.78, 5) is 10.9. The van der Waals surface area contributed by atoms with E-state index in [1.807, 2.05) is 0 Å². The van der Waals surface area contributed by atoms with Crippen LogP contribution >= 0.6 is 15.9 Å². The molecule has 5 heteroatoms. The molecular formula is C11H10BrFO3. The molecule has 1 unspecified atom stereocenters. The number of hydrogen-bond acceptors (Lipinski definition) is 2. The first-order chi connectivity index (χ1) is 7.58. The lowest BCUT2D eigenvalue weighted by atomic mass is 10.2. The Labute approximate surface area is 100 Å². The van der Waals surface area contributed by atoms with Crippen LogP contribution in [-0.4, -0.2) is 17.2 Å². The number of halogens is 2.